The van der Waals surface area contributed by atoms with E-state index in [-0.39, 0.29) is 17.7 Å². The van der Waals surface area contributed by atoms with E-state index in [4.69, 9.17) is 4.74 Å². The Balaban J connectivity index is 1.52. The van der Waals surface area contributed by atoms with E-state index >= 15 is 4.39 Å². The minimum atomic E-state index is -5.01. The minimum Gasteiger partial charge on any atom is -0.365 e. The van der Waals surface area contributed by atoms with Gasteiger partial charge in [-0.3, -0.25) is 19.5 Å². The topological polar surface area (TPSA) is 104 Å². The van der Waals surface area contributed by atoms with Crippen LogP contribution in [0, 0.1) is 24.6 Å². The Bertz CT molecular complexity index is 1230. The van der Waals surface area contributed by atoms with Gasteiger partial charge >= 0.3 is 6.18 Å². The molecule has 0 spiro atoms. The van der Waals surface area contributed by atoms with Crippen LogP contribution in [-0.4, -0.2) is 45.2 Å². The number of carbonyl (C=O) groups is 3. The fraction of sp³-hybridized carbons (Fsp3) is 0.455. The molecule has 2 aromatic rings. The number of aromatic amines is 1. The third-order valence-corrected chi connectivity index (χ3v) is 7.23. The predicted octanol–water partition coefficient (Wildman–Crippen LogP) is 2.73. The molecule has 0 aliphatic carbocycles. The molecule has 180 valence electrons. The lowest BCUT2D eigenvalue weighted by Crippen LogP contribution is -2.56. The monoisotopic (exact) mass is 480 g/mol. The van der Waals surface area contributed by atoms with E-state index in [9.17, 15) is 27.6 Å². The molecule has 3 fully saturated rings. The molecule has 3 aliphatic heterocycles. The first-order chi connectivity index (χ1) is 15.8. The summed E-state index contributed by atoms with van der Waals surface area (Å²) in [5.74, 6) is -6.03. The predicted molar refractivity (Wildman–Crippen MR) is 108 cm³/mol. The van der Waals surface area contributed by atoms with Crippen LogP contribution in [0.15, 0.2) is 24.4 Å². The number of alkyl halides is 3. The highest BCUT2D eigenvalue weighted by Crippen LogP contribution is 2.61. The summed E-state index contributed by atoms with van der Waals surface area (Å²) in [5.41, 5.74) is -5.03. The fourth-order valence-electron chi connectivity index (χ4n) is 5.79. The van der Waals surface area contributed by atoms with Gasteiger partial charge in [-0.15, -0.1) is 0 Å². The molecule has 5 atom stereocenters. The van der Waals surface area contributed by atoms with Gasteiger partial charge in [0.25, 0.3) is 5.91 Å². The van der Waals surface area contributed by atoms with E-state index in [0.29, 0.717) is 4.90 Å². The maximum absolute atomic E-state index is 15.0. The van der Waals surface area contributed by atoms with E-state index in [1.165, 1.54) is 12.3 Å². The van der Waals surface area contributed by atoms with Gasteiger partial charge in [0, 0.05) is 12.6 Å². The Morgan fingerprint density at radius 1 is 1.21 bits per heavy atom. The van der Waals surface area contributed by atoms with Crippen molar-refractivity contribution in [3.8, 4) is 0 Å². The number of aromatic nitrogens is 2. The zero-order valence-electron chi connectivity index (χ0n) is 18.3. The standard InChI is InChI=1S/C22H20F4N4O4/c1-9-4-5-11(16(23)13(9)22(24,25)26)30-18(32)14-15(19(30)33)21(3)12(8-20(14,2)34-21)28-17(31)10-6-7-27-29-10/h4-7,12,14-15H,8H2,1-3H3,(H,27,29)(H,28,31)/t12-,14-,15+,20-,21+/m1/s1. The molecule has 34 heavy (non-hydrogen) atoms. The Hall–Kier alpha value is -3.28. The molecule has 0 radical (unpaired) electrons. The summed E-state index contributed by atoms with van der Waals surface area (Å²) < 4.78 is 61.5. The summed E-state index contributed by atoms with van der Waals surface area (Å²) >= 11 is 0. The minimum absolute atomic E-state index is 0.116. The summed E-state index contributed by atoms with van der Waals surface area (Å²) in [6.07, 6.45) is -3.36. The number of nitrogens with one attached hydrogen (secondary N) is 2. The Labute approximate surface area is 190 Å². The fourth-order valence-corrected chi connectivity index (χ4v) is 5.79. The molecule has 12 heteroatoms. The zero-order valence-corrected chi connectivity index (χ0v) is 18.3. The normalized spacial score (nSPS) is 32.4. The van der Waals surface area contributed by atoms with Crippen LogP contribution in [-0.2, 0) is 20.5 Å². The highest BCUT2D eigenvalue weighted by atomic mass is 19.4. The first-order valence-electron chi connectivity index (χ1n) is 10.5. The first kappa shape index (κ1) is 22.5. The molecule has 1 aromatic carbocycles. The third kappa shape index (κ3) is 2.87. The van der Waals surface area contributed by atoms with Crippen LogP contribution in [0.1, 0.15) is 41.9 Å². The molecule has 3 amide bonds. The second kappa shape index (κ2) is 6.87. The molecule has 2 N–H and O–H groups in total. The van der Waals surface area contributed by atoms with Crippen LogP contribution < -0.4 is 10.2 Å². The summed E-state index contributed by atoms with van der Waals surface area (Å²) in [6.45, 7) is 4.28. The Morgan fingerprint density at radius 3 is 2.50 bits per heavy atom. The largest absolute Gasteiger partial charge is 0.419 e. The van der Waals surface area contributed by atoms with Crippen molar-refractivity contribution in [2.24, 2.45) is 11.8 Å². The molecule has 0 unspecified atom stereocenters. The molecular weight excluding hydrogens is 460 g/mol. The number of anilines is 1. The second-order valence-corrected chi connectivity index (χ2v) is 9.34. The summed E-state index contributed by atoms with van der Waals surface area (Å²) in [6, 6.07) is 2.80. The van der Waals surface area contributed by atoms with Gasteiger partial charge < -0.3 is 10.1 Å². The Kier molecular flexibility index (Phi) is 4.55. The van der Waals surface area contributed by atoms with Crippen LogP contribution in [0.3, 0.4) is 0 Å². The average Bonchev–Trinajstić information content (AvgIpc) is 3.44. The van der Waals surface area contributed by atoms with Crippen LogP contribution in [0.4, 0.5) is 23.2 Å². The molecule has 2 bridgehead atoms. The quantitative estimate of drug-likeness (QED) is 0.520. The van der Waals surface area contributed by atoms with Crippen molar-refractivity contribution >= 4 is 23.4 Å². The van der Waals surface area contributed by atoms with Crippen molar-refractivity contribution in [3.63, 3.8) is 0 Å². The van der Waals surface area contributed by atoms with Gasteiger partial charge in [-0.1, -0.05) is 6.07 Å². The maximum Gasteiger partial charge on any atom is 0.419 e. The first-order valence-corrected chi connectivity index (χ1v) is 10.5. The number of ether oxygens (including phenoxy) is 1. The van der Waals surface area contributed by atoms with Crippen molar-refractivity contribution in [2.75, 3.05) is 4.90 Å². The lowest BCUT2D eigenvalue weighted by Gasteiger charge is -2.35. The van der Waals surface area contributed by atoms with E-state index in [2.05, 4.69) is 15.5 Å². The van der Waals surface area contributed by atoms with Gasteiger partial charge in [-0.2, -0.15) is 18.3 Å². The van der Waals surface area contributed by atoms with Crippen LogP contribution in [0.5, 0.6) is 0 Å². The number of amides is 3. The number of fused-ring (bicyclic) bond motifs is 5. The van der Waals surface area contributed by atoms with E-state index in [1.54, 1.807) is 13.8 Å². The van der Waals surface area contributed by atoms with Gasteiger partial charge in [-0.05, 0) is 38.5 Å². The van der Waals surface area contributed by atoms with E-state index < -0.39 is 70.0 Å². The van der Waals surface area contributed by atoms with Gasteiger partial charge in [0.2, 0.25) is 11.8 Å². The lowest BCUT2D eigenvalue weighted by atomic mass is 9.66. The van der Waals surface area contributed by atoms with Crippen LogP contribution in [0.2, 0.25) is 0 Å². The zero-order chi connectivity index (χ0) is 24.8. The van der Waals surface area contributed by atoms with Crippen molar-refractivity contribution in [1.82, 2.24) is 15.5 Å². The number of benzene rings is 1. The van der Waals surface area contributed by atoms with Gasteiger partial charge in [0.1, 0.15) is 5.69 Å². The average molecular weight is 480 g/mol. The number of carbonyl (C=O) groups excluding carboxylic acids is 3. The highest BCUT2D eigenvalue weighted by Gasteiger charge is 2.76. The number of H-pyrrole nitrogens is 1. The summed E-state index contributed by atoms with van der Waals surface area (Å²) in [7, 11) is 0. The van der Waals surface area contributed by atoms with E-state index in [0.717, 1.165) is 19.1 Å². The van der Waals surface area contributed by atoms with Gasteiger partial charge in [0.15, 0.2) is 5.82 Å². The SMILES string of the molecule is Cc1ccc(N2C(=O)[C@@H]3[C@H](C2=O)[C@@]2(C)C[C@@H](NC(=O)c4cc[nH]n4)[C@]3(C)O2)c(F)c1C(F)(F)F. The van der Waals surface area contributed by atoms with Gasteiger partial charge in [0.05, 0.1) is 40.3 Å². The smallest absolute Gasteiger partial charge is 0.365 e. The second-order valence-electron chi connectivity index (χ2n) is 9.34. The van der Waals surface area contributed by atoms with Crippen molar-refractivity contribution in [1.29, 1.82) is 0 Å². The van der Waals surface area contributed by atoms with Gasteiger partial charge in [-0.25, -0.2) is 9.29 Å². The van der Waals surface area contributed by atoms with Crippen molar-refractivity contribution in [2.45, 2.75) is 50.6 Å². The molecule has 1 aromatic heterocycles. The third-order valence-electron chi connectivity index (χ3n) is 7.23. The number of aryl methyl sites for hydroxylation is 1. The summed E-state index contributed by atoms with van der Waals surface area (Å²) in [4.78, 5) is 39.8. The highest BCUT2D eigenvalue weighted by molar-refractivity contribution is 6.23. The van der Waals surface area contributed by atoms with Crippen molar-refractivity contribution < 1.29 is 36.7 Å². The number of rotatable bonds is 3. The molecule has 0 saturated carbocycles. The molecular formula is C22H20F4N4O4. The Morgan fingerprint density at radius 2 is 1.88 bits per heavy atom. The number of hydrogen-bond acceptors (Lipinski definition) is 5. The maximum atomic E-state index is 15.0. The molecule has 4 heterocycles. The van der Waals surface area contributed by atoms with Crippen LogP contribution >= 0.6 is 0 Å². The number of imide groups is 1. The number of hydrogen-bond donors (Lipinski definition) is 2. The molecule has 5 rings (SSSR count). The lowest BCUT2D eigenvalue weighted by molar-refractivity contribution is -0.140. The number of nitrogens with zero attached hydrogens (tertiary/aromatic N) is 2. The van der Waals surface area contributed by atoms with E-state index in [1.807, 2.05) is 0 Å². The van der Waals surface area contributed by atoms with Crippen molar-refractivity contribution in [3.05, 3.63) is 47.0 Å². The molecule has 8 nitrogen and oxygen atoms in total. The number of halogens is 4. The molecule has 3 saturated heterocycles. The van der Waals surface area contributed by atoms with Crippen LogP contribution in [0.25, 0.3) is 0 Å². The summed E-state index contributed by atoms with van der Waals surface area (Å²) in [5, 5.41) is 9.11. The molecule has 3 aliphatic rings.